The number of benzene rings is 1. The second-order valence-electron chi connectivity index (χ2n) is 3.86. The van der Waals surface area contributed by atoms with Gasteiger partial charge in [-0.3, -0.25) is 19.7 Å². The van der Waals surface area contributed by atoms with Crippen LogP contribution in [0.15, 0.2) is 35.1 Å². The lowest BCUT2D eigenvalue weighted by molar-refractivity contribution is -0.384. The molecular formula is C12H7N5O4. The molecule has 104 valence electrons. The summed E-state index contributed by atoms with van der Waals surface area (Å²) >= 11 is 0. The molecule has 0 atom stereocenters. The first-order valence-corrected chi connectivity index (χ1v) is 5.57. The summed E-state index contributed by atoms with van der Waals surface area (Å²) in [5, 5.41) is 27.6. The number of nitro benzene ring substituents is 1. The van der Waals surface area contributed by atoms with Gasteiger partial charge in [0.05, 0.1) is 16.2 Å². The molecule has 0 fully saturated rings. The molecule has 2 rings (SSSR count). The molecule has 21 heavy (non-hydrogen) atoms. The van der Waals surface area contributed by atoms with E-state index in [1.165, 1.54) is 12.1 Å². The van der Waals surface area contributed by atoms with Crippen molar-refractivity contribution < 1.29 is 9.72 Å². The Morgan fingerprint density at radius 1 is 1.38 bits per heavy atom. The van der Waals surface area contributed by atoms with Crippen molar-refractivity contribution in [2.75, 3.05) is 5.32 Å². The van der Waals surface area contributed by atoms with Crippen molar-refractivity contribution in [3.8, 4) is 6.07 Å². The Kier molecular flexibility index (Phi) is 3.71. The minimum atomic E-state index is -0.656. The van der Waals surface area contributed by atoms with Gasteiger partial charge < -0.3 is 5.32 Å². The summed E-state index contributed by atoms with van der Waals surface area (Å²) in [4.78, 5) is 32.7. The van der Waals surface area contributed by atoms with Gasteiger partial charge in [0.1, 0.15) is 11.8 Å². The molecule has 0 radical (unpaired) electrons. The van der Waals surface area contributed by atoms with Gasteiger partial charge >= 0.3 is 0 Å². The molecule has 0 aliphatic carbocycles. The van der Waals surface area contributed by atoms with Crippen LogP contribution >= 0.6 is 0 Å². The first kappa shape index (κ1) is 13.9. The Morgan fingerprint density at radius 3 is 2.71 bits per heavy atom. The van der Waals surface area contributed by atoms with Crippen molar-refractivity contribution in [3.63, 3.8) is 0 Å². The molecule has 0 saturated carbocycles. The van der Waals surface area contributed by atoms with Crippen LogP contribution in [0.25, 0.3) is 0 Å². The average Bonchev–Trinajstić information content (AvgIpc) is 2.48. The van der Waals surface area contributed by atoms with Crippen LogP contribution in [0, 0.1) is 21.4 Å². The number of H-pyrrole nitrogens is 1. The zero-order valence-electron chi connectivity index (χ0n) is 10.4. The monoisotopic (exact) mass is 285 g/mol. The Hall–Kier alpha value is -3.54. The highest BCUT2D eigenvalue weighted by Gasteiger charge is 2.14. The van der Waals surface area contributed by atoms with Gasteiger partial charge in [0.15, 0.2) is 0 Å². The van der Waals surface area contributed by atoms with E-state index in [0.717, 1.165) is 18.2 Å². The number of non-ortho nitro benzene ring substituents is 1. The van der Waals surface area contributed by atoms with E-state index < -0.39 is 16.4 Å². The van der Waals surface area contributed by atoms with Crippen molar-refractivity contribution in [1.82, 2.24) is 10.2 Å². The Bertz CT molecular complexity index is 801. The molecule has 0 saturated heterocycles. The third kappa shape index (κ3) is 3.07. The molecule has 0 aliphatic rings. The number of aromatic amines is 1. The molecule has 0 spiro atoms. The van der Waals surface area contributed by atoms with E-state index in [9.17, 15) is 19.7 Å². The van der Waals surface area contributed by atoms with Gasteiger partial charge in [-0.05, 0) is 12.1 Å². The summed E-state index contributed by atoms with van der Waals surface area (Å²) in [5.74, 6) is -0.656. The molecule has 1 amide bonds. The topological polar surface area (TPSA) is 142 Å². The number of carbonyl (C=O) groups is 1. The van der Waals surface area contributed by atoms with E-state index in [2.05, 4.69) is 15.5 Å². The number of hydrogen-bond donors (Lipinski definition) is 2. The average molecular weight is 285 g/mol. The van der Waals surface area contributed by atoms with Crippen molar-refractivity contribution >= 4 is 17.3 Å². The first-order chi connectivity index (χ1) is 10.0. The predicted molar refractivity (Wildman–Crippen MR) is 70.6 cm³/mol. The summed E-state index contributed by atoms with van der Waals surface area (Å²) in [7, 11) is 0. The molecule has 9 heteroatoms. The van der Waals surface area contributed by atoms with E-state index in [1.54, 1.807) is 6.07 Å². The van der Waals surface area contributed by atoms with Crippen LogP contribution in [0.4, 0.5) is 11.4 Å². The van der Waals surface area contributed by atoms with E-state index in [-0.39, 0.29) is 22.6 Å². The van der Waals surface area contributed by atoms with Gasteiger partial charge in [-0.15, -0.1) is 0 Å². The van der Waals surface area contributed by atoms with Crippen molar-refractivity contribution in [2.45, 2.75) is 0 Å². The maximum atomic E-state index is 11.9. The number of hydrogen-bond acceptors (Lipinski definition) is 6. The van der Waals surface area contributed by atoms with Crippen LogP contribution in [0.3, 0.4) is 0 Å². The normalized spacial score (nSPS) is 9.67. The Labute approximate surface area is 117 Å². The van der Waals surface area contributed by atoms with Crippen LogP contribution in [-0.2, 0) is 0 Å². The highest BCUT2D eigenvalue weighted by atomic mass is 16.6. The summed E-state index contributed by atoms with van der Waals surface area (Å²) in [6.45, 7) is 0. The van der Waals surface area contributed by atoms with Crippen LogP contribution < -0.4 is 10.9 Å². The number of nitrogens with zero attached hydrogens (tertiary/aromatic N) is 3. The van der Waals surface area contributed by atoms with Gasteiger partial charge in [0, 0.05) is 18.2 Å². The maximum Gasteiger partial charge on any atom is 0.276 e. The number of anilines is 1. The second kappa shape index (κ2) is 5.62. The van der Waals surface area contributed by atoms with Gasteiger partial charge in [-0.25, -0.2) is 5.10 Å². The third-order valence-electron chi connectivity index (χ3n) is 2.49. The molecule has 0 unspecified atom stereocenters. The van der Waals surface area contributed by atoms with Crippen LogP contribution in [0.2, 0.25) is 0 Å². The van der Waals surface area contributed by atoms with Crippen LogP contribution in [-0.4, -0.2) is 21.0 Å². The lowest BCUT2D eigenvalue weighted by atomic mass is 10.1. The van der Waals surface area contributed by atoms with Crippen molar-refractivity contribution in [3.05, 3.63) is 62.1 Å². The zero-order valence-corrected chi connectivity index (χ0v) is 10.4. The number of aromatic nitrogens is 2. The Balaban J connectivity index is 2.29. The van der Waals surface area contributed by atoms with Gasteiger partial charge in [0.25, 0.3) is 17.2 Å². The fraction of sp³-hybridized carbons (Fsp3) is 0. The van der Waals surface area contributed by atoms with E-state index in [4.69, 9.17) is 5.26 Å². The van der Waals surface area contributed by atoms with E-state index >= 15 is 0 Å². The summed E-state index contributed by atoms with van der Waals surface area (Å²) in [6, 6.07) is 7.57. The van der Waals surface area contributed by atoms with E-state index in [0.29, 0.717) is 0 Å². The lowest BCUT2D eigenvalue weighted by Crippen LogP contribution is -2.18. The molecular weight excluding hydrogens is 278 g/mol. The second-order valence-corrected chi connectivity index (χ2v) is 3.86. The summed E-state index contributed by atoms with van der Waals surface area (Å²) in [5.41, 5.74) is -0.716. The SMILES string of the molecule is N#Cc1cc([N+](=O)[O-])ccc1NC(=O)c1ccc(=O)[nH]n1. The summed E-state index contributed by atoms with van der Waals surface area (Å²) < 4.78 is 0. The number of nitrogens with one attached hydrogen (secondary N) is 2. The minimum absolute atomic E-state index is 0.0537. The number of nitriles is 1. The van der Waals surface area contributed by atoms with Crippen LogP contribution in [0.5, 0.6) is 0 Å². The fourth-order valence-corrected chi connectivity index (χ4v) is 1.50. The minimum Gasteiger partial charge on any atom is -0.319 e. The number of rotatable bonds is 3. The molecule has 1 aromatic heterocycles. The molecule has 2 N–H and O–H groups in total. The van der Waals surface area contributed by atoms with Gasteiger partial charge in [-0.2, -0.15) is 10.4 Å². The smallest absolute Gasteiger partial charge is 0.276 e. The molecule has 1 aromatic carbocycles. The molecule has 0 bridgehead atoms. The largest absolute Gasteiger partial charge is 0.319 e. The first-order valence-electron chi connectivity index (χ1n) is 5.57. The summed E-state index contributed by atoms with van der Waals surface area (Å²) in [6.07, 6.45) is 0. The molecule has 0 aliphatic heterocycles. The standard InChI is InChI=1S/C12H7N5O4/c13-6-7-5-8(17(20)21)1-2-9(7)14-12(19)10-3-4-11(18)16-15-10/h1-5H,(H,14,19)(H,16,18). The quantitative estimate of drug-likeness (QED) is 0.630. The van der Waals surface area contributed by atoms with Crippen molar-refractivity contribution in [2.24, 2.45) is 0 Å². The lowest BCUT2D eigenvalue weighted by Gasteiger charge is -2.05. The fourth-order valence-electron chi connectivity index (χ4n) is 1.50. The number of carbonyl (C=O) groups excluding carboxylic acids is 1. The van der Waals surface area contributed by atoms with Crippen molar-refractivity contribution in [1.29, 1.82) is 5.26 Å². The highest BCUT2D eigenvalue weighted by Crippen LogP contribution is 2.21. The zero-order chi connectivity index (χ0) is 15.4. The van der Waals surface area contributed by atoms with E-state index in [1.807, 2.05) is 0 Å². The Morgan fingerprint density at radius 2 is 2.14 bits per heavy atom. The maximum absolute atomic E-state index is 11.9. The van der Waals surface area contributed by atoms with Crippen LogP contribution in [0.1, 0.15) is 16.1 Å². The molecule has 1 heterocycles. The predicted octanol–water partition coefficient (Wildman–Crippen LogP) is 0.802. The number of nitro groups is 1. The number of amides is 1. The third-order valence-corrected chi connectivity index (χ3v) is 2.49. The highest BCUT2D eigenvalue weighted by molar-refractivity contribution is 6.03. The molecule has 9 nitrogen and oxygen atoms in total. The molecule has 2 aromatic rings. The van der Waals surface area contributed by atoms with Gasteiger partial charge in [0.2, 0.25) is 0 Å². The van der Waals surface area contributed by atoms with Gasteiger partial charge in [-0.1, -0.05) is 0 Å².